The Labute approximate surface area is 169 Å². The van der Waals surface area contributed by atoms with Crippen LogP contribution in [0.5, 0.6) is 0 Å². The smallest absolute Gasteiger partial charge is 0.140 e. The fraction of sp³-hybridized carbons (Fsp3) is 0.318. The van der Waals surface area contributed by atoms with Crippen molar-refractivity contribution in [3.63, 3.8) is 0 Å². The Morgan fingerprint density at radius 1 is 1.26 bits per heavy atom. The molecule has 1 fully saturated rings. The minimum Gasteiger partial charge on any atom is -0.300 e. The van der Waals surface area contributed by atoms with Crippen LogP contribution in [0.2, 0.25) is 5.02 Å². The number of ketones is 1. The number of carbonyl (C=O) groups excluding carboxylic acids is 1. The van der Waals surface area contributed by atoms with Gasteiger partial charge in [-0.2, -0.15) is 0 Å². The van der Waals surface area contributed by atoms with Crippen LogP contribution in [0.4, 0.5) is 4.39 Å². The molecule has 0 radical (unpaired) electrons. The lowest BCUT2D eigenvalue weighted by Crippen LogP contribution is -2.46. The van der Waals surface area contributed by atoms with Crippen molar-refractivity contribution in [3.8, 4) is 0 Å². The van der Waals surface area contributed by atoms with E-state index in [1.807, 2.05) is 30.3 Å². The molecule has 0 atom stereocenters. The second kappa shape index (κ2) is 8.59. The molecule has 0 aromatic heterocycles. The maximum absolute atomic E-state index is 14.2. The van der Waals surface area contributed by atoms with Gasteiger partial charge in [-0.15, -0.1) is 6.58 Å². The summed E-state index contributed by atoms with van der Waals surface area (Å²) < 4.78 is 14.2. The molecule has 27 heavy (non-hydrogen) atoms. The van der Waals surface area contributed by atoms with Crippen molar-refractivity contribution < 1.29 is 9.18 Å². The van der Waals surface area contributed by atoms with E-state index in [1.54, 1.807) is 30.8 Å². The van der Waals surface area contributed by atoms with E-state index in [0.29, 0.717) is 17.9 Å². The maximum atomic E-state index is 14.2. The zero-order valence-electron chi connectivity index (χ0n) is 15.4. The summed E-state index contributed by atoms with van der Waals surface area (Å²) >= 11 is 7.52. The fourth-order valence-electron chi connectivity index (χ4n) is 3.71. The minimum atomic E-state index is -0.644. The van der Waals surface area contributed by atoms with E-state index in [9.17, 15) is 9.18 Å². The van der Waals surface area contributed by atoms with Crippen molar-refractivity contribution in [3.05, 3.63) is 71.5 Å². The molecule has 142 valence electrons. The number of benzene rings is 2. The number of rotatable bonds is 6. The number of carbonyl (C=O) groups is 1. The van der Waals surface area contributed by atoms with Crippen molar-refractivity contribution in [2.24, 2.45) is 0 Å². The van der Waals surface area contributed by atoms with Gasteiger partial charge in [0.05, 0.1) is 5.41 Å². The normalized spacial score (nSPS) is 16.9. The van der Waals surface area contributed by atoms with E-state index in [0.717, 1.165) is 35.0 Å². The van der Waals surface area contributed by atoms with Crippen molar-refractivity contribution in [2.45, 2.75) is 35.0 Å². The summed E-state index contributed by atoms with van der Waals surface area (Å²) in [5.74, 6) is -0.205. The van der Waals surface area contributed by atoms with Crippen molar-refractivity contribution in [2.75, 3.05) is 19.6 Å². The van der Waals surface area contributed by atoms with Crippen molar-refractivity contribution in [1.29, 1.82) is 0 Å². The molecular formula is C22H23ClFNOS. The standard InChI is InChI=1S/C22H23ClFNOS/c1-3-12-25-13-10-22(11-14-25,16(2)26)20-15-18(24)6-9-21(20)27-19-7-4-17(23)5-8-19/h3-9,15H,1,10-14H2,2H3. The van der Waals surface area contributed by atoms with E-state index >= 15 is 0 Å². The predicted octanol–water partition coefficient (Wildman–Crippen LogP) is 5.74. The lowest BCUT2D eigenvalue weighted by Gasteiger charge is -2.41. The van der Waals surface area contributed by atoms with Crippen LogP contribution in [-0.4, -0.2) is 30.3 Å². The van der Waals surface area contributed by atoms with Crippen LogP contribution in [0.25, 0.3) is 0 Å². The van der Waals surface area contributed by atoms with Crippen LogP contribution >= 0.6 is 23.4 Å². The minimum absolute atomic E-state index is 0.101. The molecule has 2 aromatic rings. The summed E-state index contributed by atoms with van der Waals surface area (Å²) in [6.07, 6.45) is 3.26. The number of likely N-dealkylation sites (tertiary alicyclic amines) is 1. The summed E-state index contributed by atoms with van der Waals surface area (Å²) in [5.41, 5.74) is 0.155. The first-order chi connectivity index (χ1) is 12.9. The quantitative estimate of drug-likeness (QED) is 0.573. The molecule has 0 N–H and O–H groups in total. The van der Waals surface area contributed by atoms with E-state index in [-0.39, 0.29) is 11.6 Å². The highest BCUT2D eigenvalue weighted by molar-refractivity contribution is 7.99. The van der Waals surface area contributed by atoms with Crippen LogP contribution in [0.1, 0.15) is 25.3 Å². The molecule has 0 spiro atoms. The molecule has 2 nitrogen and oxygen atoms in total. The highest BCUT2D eigenvalue weighted by Crippen LogP contribution is 2.43. The Morgan fingerprint density at radius 2 is 1.93 bits per heavy atom. The zero-order chi connectivity index (χ0) is 19.4. The molecule has 0 saturated carbocycles. The van der Waals surface area contributed by atoms with Gasteiger partial charge in [0.25, 0.3) is 0 Å². The van der Waals surface area contributed by atoms with Gasteiger partial charge < -0.3 is 0 Å². The third-order valence-corrected chi connectivity index (χ3v) is 6.61. The van der Waals surface area contributed by atoms with Gasteiger partial charge in [0, 0.05) is 21.4 Å². The van der Waals surface area contributed by atoms with E-state index in [1.165, 1.54) is 6.07 Å². The van der Waals surface area contributed by atoms with Gasteiger partial charge >= 0.3 is 0 Å². The highest BCUT2D eigenvalue weighted by Gasteiger charge is 2.42. The topological polar surface area (TPSA) is 20.3 Å². The molecule has 3 rings (SSSR count). The Kier molecular flexibility index (Phi) is 6.40. The SMILES string of the molecule is C=CCN1CCC(C(C)=O)(c2cc(F)ccc2Sc2ccc(Cl)cc2)CC1. The van der Waals surface area contributed by atoms with E-state index in [4.69, 9.17) is 11.6 Å². The third kappa shape index (κ3) is 4.45. The molecule has 0 unspecified atom stereocenters. The first kappa shape index (κ1) is 20.1. The average molecular weight is 404 g/mol. The highest BCUT2D eigenvalue weighted by atomic mass is 35.5. The second-order valence-corrected chi connectivity index (χ2v) is 8.48. The Bertz CT molecular complexity index is 829. The van der Waals surface area contributed by atoms with Crippen LogP contribution in [-0.2, 0) is 10.2 Å². The maximum Gasteiger partial charge on any atom is 0.140 e. The monoisotopic (exact) mass is 403 g/mol. The number of piperidine rings is 1. The summed E-state index contributed by atoms with van der Waals surface area (Å²) in [4.78, 5) is 17.0. The molecule has 0 amide bonds. The van der Waals surface area contributed by atoms with E-state index in [2.05, 4.69) is 11.5 Å². The molecule has 1 aliphatic heterocycles. The molecule has 1 aliphatic rings. The summed E-state index contributed by atoms with van der Waals surface area (Å²) in [6, 6.07) is 12.3. The molecule has 0 bridgehead atoms. The zero-order valence-corrected chi connectivity index (χ0v) is 17.0. The third-order valence-electron chi connectivity index (χ3n) is 5.27. The van der Waals surface area contributed by atoms with Crippen molar-refractivity contribution in [1.82, 2.24) is 4.90 Å². The van der Waals surface area contributed by atoms with Gasteiger partial charge in [-0.1, -0.05) is 29.4 Å². The second-order valence-electron chi connectivity index (χ2n) is 6.92. The Balaban J connectivity index is 1.97. The lowest BCUT2D eigenvalue weighted by molar-refractivity contribution is -0.124. The summed E-state index contributed by atoms with van der Waals surface area (Å²) in [6.45, 7) is 7.83. The molecule has 1 heterocycles. The van der Waals surface area contributed by atoms with Crippen molar-refractivity contribution >= 4 is 29.1 Å². The van der Waals surface area contributed by atoms with Gasteiger partial charge in [-0.3, -0.25) is 9.69 Å². The number of halogens is 2. The first-order valence-electron chi connectivity index (χ1n) is 9.02. The van der Waals surface area contributed by atoms with Crippen LogP contribution in [0, 0.1) is 5.82 Å². The van der Waals surface area contributed by atoms with Crippen LogP contribution in [0.15, 0.2) is 64.9 Å². The number of nitrogens with zero attached hydrogens (tertiary/aromatic N) is 1. The lowest BCUT2D eigenvalue weighted by atomic mass is 9.70. The van der Waals surface area contributed by atoms with E-state index < -0.39 is 5.41 Å². The van der Waals surface area contributed by atoms with Gasteiger partial charge in [0.1, 0.15) is 11.6 Å². The number of hydrogen-bond acceptors (Lipinski definition) is 3. The predicted molar refractivity (Wildman–Crippen MR) is 110 cm³/mol. The summed E-state index contributed by atoms with van der Waals surface area (Å²) in [5, 5.41) is 0.675. The molecule has 2 aromatic carbocycles. The molecule has 1 saturated heterocycles. The Morgan fingerprint density at radius 3 is 2.52 bits per heavy atom. The number of hydrogen-bond donors (Lipinski definition) is 0. The largest absolute Gasteiger partial charge is 0.300 e. The Hall–Kier alpha value is -1.62. The molecule has 0 aliphatic carbocycles. The summed E-state index contributed by atoms with van der Waals surface area (Å²) in [7, 11) is 0. The van der Waals surface area contributed by atoms with Gasteiger partial charge in [0.2, 0.25) is 0 Å². The van der Waals surface area contributed by atoms with Gasteiger partial charge in [-0.25, -0.2) is 4.39 Å². The number of Topliss-reactive ketones (excluding diaryl/α,β-unsaturated/α-hetero) is 1. The molecule has 5 heteroatoms. The van der Waals surface area contributed by atoms with Gasteiger partial charge in [0.15, 0.2) is 0 Å². The molecular weight excluding hydrogens is 381 g/mol. The fourth-order valence-corrected chi connectivity index (χ4v) is 4.86. The average Bonchev–Trinajstić information content (AvgIpc) is 2.66. The van der Waals surface area contributed by atoms with Crippen LogP contribution in [0.3, 0.4) is 0 Å². The van der Waals surface area contributed by atoms with Gasteiger partial charge in [-0.05, 0) is 80.9 Å². The van der Waals surface area contributed by atoms with Crippen LogP contribution < -0.4 is 0 Å². The first-order valence-corrected chi connectivity index (χ1v) is 10.2.